The van der Waals surface area contributed by atoms with Crippen LogP contribution in [0.2, 0.25) is 0 Å². The first-order valence-corrected chi connectivity index (χ1v) is 9.79. The predicted octanol–water partition coefficient (Wildman–Crippen LogP) is 3.80. The molecule has 2 aromatic carbocycles. The summed E-state index contributed by atoms with van der Waals surface area (Å²) in [6.07, 6.45) is 3.40. The molecule has 28 heavy (non-hydrogen) atoms. The molecule has 5 rings (SSSR count). The van der Waals surface area contributed by atoms with E-state index in [0.717, 1.165) is 36.0 Å². The van der Waals surface area contributed by atoms with Crippen LogP contribution in [0.1, 0.15) is 47.3 Å². The van der Waals surface area contributed by atoms with Crippen molar-refractivity contribution in [3.8, 4) is 6.07 Å². The number of fused-ring (bicyclic) bond motifs is 5. The summed E-state index contributed by atoms with van der Waals surface area (Å²) < 4.78 is 0. The van der Waals surface area contributed by atoms with Gasteiger partial charge in [0.15, 0.2) is 0 Å². The normalized spacial score (nSPS) is 26.0. The van der Waals surface area contributed by atoms with Crippen LogP contribution >= 0.6 is 0 Å². The molecule has 1 saturated heterocycles. The van der Waals surface area contributed by atoms with Crippen molar-refractivity contribution in [1.82, 2.24) is 14.9 Å². The molecule has 3 aromatic rings. The number of piperidine rings is 1. The van der Waals surface area contributed by atoms with Gasteiger partial charge in [-0.3, -0.25) is 4.79 Å². The number of imidazole rings is 1. The lowest BCUT2D eigenvalue weighted by molar-refractivity contribution is 0.0250. The van der Waals surface area contributed by atoms with E-state index in [2.05, 4.69) is 46.9 Å². The van der Waals surface area contributed by atoms with Gasteiger partial charge in [-0.05, 0) is 65.6 Å². The van der Waals surface area contributed by atoms with E-state index in [4.69, 9.17) is 0 Å². The summed E-state index contributed by atoms with van der Waals surface area (Å²) in [6.45, 7) is 5.29. The molecule has 1 aromatic heterocycles. The number of carbonyl (C=O) groups is 1. The fourth-order valence-electron chi connectivity index (χ4n) is 5.18. The highest BCUT2D eigenvalue weighted by atomic mass is 16.2. The molecule has 2 aliphatic rings. The van der Waals surface area contributed by atoms with Crippen LogP contribution in [0.3, 0.4) is 0 Å². The van der Waals surface area contributed by atoms with Gasteiger partial charge in [0.2, 0.25) is 0 Å². The zero-order valence-corrected chi connectivity index (χ0v) is 16.1. The van der Waals surface area contributed by atoms with E-state index in [9.17, 15) is 10.1 Å². The Morgan fingerprint density at radius 3 is 3.00 bits per heavy atom. The number of aromatic amines is 1. The molecule has 1 aliphatic carbocycles. The van der Waals surface area contributed by atoms with Crippen molar-refractivity contribution in [1.29, 1.82) is 5.26 Å². The second-order valence-corrected chi connectivity index (χ2v) is 8.34. The average molecular weight is 370 g/mol. The quantitative estimate of drug-likeness (QED) is 0.708. The molecule has 1 aliphatic heterocycles. The minimum Gasteiger partial charge on any atom is -0.345 e. The van der Waals surface area contributed by atoms with Gasteiger partial charge in [0.1, 0.15) is 0 Å². The lowest BCUT2D eigenvalue weighted by Gasteiger charge is -2.54. The maximum absolute atomic E-state index is 13.4. The molecule has 140 valence electrons. The Morgan fingerprint density at radius 1 is 1.32 bits per heavy atom. The van der Waals surface area contributed by atoms with Crippen molar-refractivity contribution in [2.75, 3.05) is 6.54 Å². The standard InChI is InChI=1S/C23H22N4O/c1-14-21-11-16-4-3-15(12-24)9-18(16)23(14,2)7-8-27(21)22(28)17-5-6-19-20(10-17)26-13-25-19/h3-6,9-10,13-14,21H,7-8,11H2,1-2H3,(H,25,26)/t14-,21-,23-/m1/s1. The number of hydrogen-bond acceptors (Lipinski definition) is 3. The molecule has 0 saturated carbocycles. The van der Waals surface area contributed by atoms with Crippen LogP contribution in [0.4, 0.5) is 0 Å². The first-order chi connectivity index (χ1) is 13.5. The molecule has 3 atom stereocenters. The van der Waals surface area contributed by atoms with Crippen molar-refractivity contribution < 1.29 is 4.79 Å². The van der Waals surface area contributed by atoms with Crippen molar-refractivity contribution in [2.24, 2.45) is 5.92 Å². The Hall–Kier alpha value is -3.13. The number of H-pyrrole nitrogens is 1. The largest absolute Gasteiger partial charge is 0.345 e. The minimum atomic E-state index is -0.00474. The van der Waals surface area contributed by atoms with Gasteiger partial charge in [-0.2, -0.15) is 5.26 Å². The van der Waals surface area contributed by atoms with Gasteiger partial charge in [-0.15, -0.1) is 0 Å². The van der Waals surface area contributed by atoms with Gasteiger partial charge < -0.3 is 9.88 Å². The van der Waals surface area contributed by atoms with E-state index in [1.54, 1.807) is 6.33 Å². The molecule has 5 heteroatoms. The van der Waals surface area contributed by atoms with Crippen LogP contribution in [0.5, 0.6) is 0 Å². The summed E-state index contributed by atoms with van der Waals surface area (Å²) >= 11 is 0. The lowest BCUT2D eigenvalue weighted by atomic mass is 9.59. The number of amides is 1. The summed E-state index contributed by atoms with van der Waals surface area (Å²) in [5.74, 6) is 0.426. The Bertz CT molecular complexity index is 1140. The minimum absolute atomic E-state index is 0.00474. The van der Waals surface area contributed by atoms with Crippen molar-refractivity contribution in [3.63, 3.8) is 0 Å². The van der Waals surface area contributed by atoms with E-state index >= 15 is 0 Å². The molecule has 0 spiro atoms. The Labute approximate surface area is 164 Å². The van der Waals surface area contributed by atoms with Crippen LogP contribution in [-0.2, 0) is 11.8 Å². The Kier molecular flexibility index (Phi) is 3.60. The molecule has 1 fully saturated rings. The topological polar surface area (TPSA) is 72.8 Å². The Balaban J connectivity index is 1.52. The molecular formula is C23H22N4O. The third kappa shape index (κ3) is 2.31. The second kappa shape index (κ2) is 5.93. The monoisotopic (exact) mass is 370 g/mol. The van der Waals surface area contributed by atoms with Gasteiger partial charge >= 0.3 is 0 Å². The number of hydrogen-bond donors (Lipinski definition) is 1. The molecule has 5 nitrogen and oxygen atoms in total. The van der Waals surface area contributed by atoms with Gasteiger partial charge in [-0.25, -0.2) is 4.98 Å². The number of nitrogens with zero attached hydrogens (tertiary/aromatic N) is 3. The second-order valence-electron chi connectivity index (χ2n) is 8.34. The van der Waals surface area contributed by atoms with Gasteiger partial charge in [0, 0.05) is 18.2 Å². The van der Waals surface area contributed by atoms with E-state index in [-0.39, 0.29) is 17.4 Å². The van der Waals surface area contributed by atoms with Gasteiger partial charge in [-0.1, -0.05) is 19.9 Å². The first-order valence-electron chi connectivity index (χ1n) is 9.79. The number of rotatable bonds is 1. The van der Waals surface area contributed by atoms with Crippen molar-refractivity contribution in [3.05, 3.63) is 65.0 Å². The zero-order valence-electron chi connectivity index (χ0n) is 16.1. The Morgan fingerprint density at radius 2 is 2.18 bits per heavy atom. The lowest BCUT2D eigenvalue weighted by Crippen LogP contribution is -2.59. The number of likely N-dealkylation sites (tertiary alicyclic amines) is 1. The fourth-order valence-corrected chi connectivity index (χ4v) is 5.18. The summed E-state index contributed by atoms with van der Waals surface area (Å²) in [5.41, 5.74) is 5.74. The summed E-state index contributed by atoms with van der Waals surface area (Å²) in [6, 6.07) is 14.2. The maximum atomic E-state index is 13.4. The highest BCUT2D eigenvalue weighted by Gasteiger charge is 2.49. The van der Waals surface area contributed by atoms with E-state index < -0.39 is 0 Å². The van der Waals surface area contributed by atoms with Gasteiger partial charge in [0.05, 0.1) is 29.0 Å². The zero-order chi connectivity index (χ0) is 19.5. The van der Waals surface area contributed by atoms with E-state index in [0.29, 0.717) is 11.5 Å². The van der Waals surface area contributed by atoms with Crippen LogP contribution in [0, 0.1) is 17.2 Å². The highest BCUT2D eigenvalue weighted by molar-refractivity contribution is 5.97. The number of nitrogens with one attached hydrogen (secondary N) is 1. The first kappa shape index (κ1) is 17.0. The summed E-state index contributed by atoms with van der Waals surface area (Å²) in [5, 5.41) is 9.30. The van der Waals surface area contributed by atoms with Crippen molar-refractivity contribution >= 4 is 16.9 Å². The molecule has 0 unspecified atom stereocenters. The van der Waals surface area contributed by atoms with Crippen LogP contribution in [-0.4, -0.2) is 33.4 Å². The predicted molar refractivity (Wildman–Crippen MR) is 107 cm³/mol. The van der Waals surface area contributed by atoms with Crippen LogP contribution in [0.25, 0.3) is 11.0 Å². The molecule has 0 radical (unpaired) electrons. The average Bonchev–Trinajstić information content (AvgIpc) is 3.18. The number of benzene rings is 2. The molecular weight excluding hydrogens is 348 g/mol. The molecule has 2 heterocycles. The highest BCUT2D eigenvalue weighted by Crippen LogP contribution is 2.49. The third-order valence-corrected chi connectivity index (χ3v) is 7.07. The number of nitriles is 1. The SMILES string of the molecule is C[C@@H]1[C@H]2Cc3ccc(C#N)cc3[C@]1(C)CCN2C(=O)c1ccc2nc[nH]c2c1. The number of aromatic nitrogens is 2. The number of carbonyl (C=O) groups excluding carboxylic acids is 1. The van der Waals surface area contributed by atoms with E-state index in [1.807, 2.05) is 24.3 Å². The van der Waals surface area contributed by atoms with Crippen LogP contribution < -0.4 is 0 Å². The molecule has 2 bridgehead atoms. The molecule has 1 N–H and O–H groups in total. The van der Waals surface area contributed by atoms with Gasteiger partial charge in [0.25, 0.3) is 5.91 Å². The van der Waals surface area contributed by atoms with E-state index in [1.165, 1.54) is 11.1 Å². The fraction of sp³-hybridized carbons (Fsp3) is 0.348. The molecule has 1 amide bonds. The summed E-state index contributed by atoms with van der Waals surface area (Å²) in [4.78, 5) is 22.8. The van der Waals surface area contributed by atoms with Crippen molar-refractivity contribution in [2.45, 2.75) is 38.1 Å². The maximum Gasteiger partial charge on any atom is 0.254 e. The van der Waals surface area contributed by atoms with Crippen LogP contribution in [0.15, 0.2) is 42.7 Å². The smallest absolute Gasteiger partial charge is 0.254 e. The summed E-state index contributed by atoms with van der Waals surface area (Å²) in [7, 11) is 0. The third-order valence-electron chi connectivity index (χ3n) is 7.07.